The molecule has 7 heterocycles. The maximum absolute atomic E-state index is 13.1. The number of hydrogen-bond acceptors (Lipinski definition) is 13. The lowest BCUT2D eigenvalue weighted by atomic mass is 9.79. The van der Waals surface area contributed by atoms with Gasteiger partial charge in [-0.05, 0) is 106 Å². The van der Waals surface area contributed by atoms with Crippen molar-refractivity contribution in [1.82, 2.24) is 0 Å². The average molecular weight is 1070 g/mol. The van der Waals surface area contributed by atoms with Gasteiger partial charge in [0.2, 0.25) is 6.29 Å². The summed E-state index contributed by atoms with van der Waals surface area (Å²) in [5, 5.41) is 11.6. The average Bonchev–Trinajstić information content (AvgIpc) is 3.72. The fourth-order valence-corrected chi connectivity index (χ4v) is 13.1. The monoisotopic (exact) mass is 1070 g/mol. The number of cyclic esters (lactones) is 1. The van der Waals surface area contributed by atoms with E-state index in [0.29, 0.717) is 57.7 Å². The molecule has 2 spiro atoms. The first-order valence-electron chi connectivity index (χ1n) is 29.3. The molecule has 1 N–H and O–H groups in total. The predicted molar refractivity (Wildman–Crippen MR) is 293 cm³/mol. The van der Waals surface area contributed by atoms with Crippen molar-refractivity contribution in [2.24, 2.45) is 23.2 Å². The smallest absolute Gasteiger partial charge is 0.340 e. The van der Waals surface area contributed by atoms with Gasteiger partial charge in [0.25, 0.3) is 0 Å². The lowest BCUT2D eigenvalue weighted by molar-refractivity contribution is -0.329. The van der Waals surface area contributed by atoms with E-state index in [4.69, 9.17) is 58.7 Å². The van der Waals surface area contributed by atoms with Crippen LogP contribution in [0, 0.1) is 23.2 Å². The molecule has 0 unspecified atom stereocenters. The van der Waals surface area contributed by atoms with Crippen LogP contribution >= 0.6 is 0 Å². The number of rotatable bonds is 19. The van der Waals surface area contributed by atoms with E-state index in [2.05, 4.69) is 64.1 Å². The summed E-state index contributed by atoms with van der Waals surface area (Å²) in [5.41, 5.74) is 2.68. The van der Waals surface area contributed by atoms with Crippen LogP contribution in [-0.2, 0) is 70.1 Å². The number of aliphatic hydroxyl groups excluding tert-OH is 1. The van der Waals surface area contributed by atoms with Crippen molar-refractivity contribution >= 4 is 5.97 Å². The molecule has 2 aromatic carbocycles. The van der Waals surface area contributed by atoms with Crippen molar-refractivity contribution < 1.29 is 62.0 Å². The van der Waals surface area contributed by atoms with Crippen LogP contribution in [0.15, 0.2) is 96.6 Å². The van der Waals surface area contributed by atoms with Gasteiger partial charge in [0.05, 0.1) is 56.4 Å². The Bertz CT molecular complexity index is 2310. The van der Waals surface area contributed by atoms with Gasteiger partial charge >= 0.3 is 5.97 Å². The van der Waals surface area contributed by atoms with E-state index in [-0.39, 0.29) is 53.7 Å². The second-order valence-electron chi connectivity index (χ2n) is 25.3. The number of hydrogen-bond donors (Lipinski definition) is 1. The number of benzene rings is 2. The third-order valence-electron chi connectivity index (χ3n) is 17.7. The molecule has 0 amide bonds. The fourth-order valence-electron chi connectivity index (χ4n) is 13.1. The topological polar surface area (TPSA) is 139 Å². The van der Waals surface area contributed by atoms with Crippen LogP contribution in [0.1, 0.15) is 163 Å². The molecule has 13 heteroatoms. The molecule has 9 rings (SSSR count). The predicted octanol–water partition coefficient (Wildman–Crippen LogP) is 12.2. The van der Waals surface area contributed by atoms with E-state index in [1.165, 1.54) is 5.57 Å². The van der Waals surface area contributed by atoms with Gasteiger partial charge in [-0.3, -0.25) is 0 Å². The van der Waals surface area contributed by atoms with Gasteiger partial charge in [-0.2, -0.15) is 0 Å². The summed E-state index contributed by atoms with van der Waals surface area (Å²) in [4.78, 5) is 13.1. The van der Waals surface area contributed by atoms with Crippen LogP contribution in [0.2, 0.25) is 0 Å². The summed E-state index contributed by atoms with van der Waals surface area (Å²) in [7, 11) is 1.69. The Morgan fingerprint density at radius 3 is 2.30 bits per heavy atom. The quantitative estimate of drug-likeness (QED) is 0.106. The third-order valence-corrected chi connectivity index (χ3v) is 17.7. The first kappa shape index (κ1) is 58.3. The summed E-state index contributed by atoms with van der Waals surface area (Å²) in [5.74, 6) is -2.25. The van der Waals surface area contributed by atoms with Gasteiger partial charge in [0.1, 0.15) is 18.3 Å². The molecule has 6 fully saturated rings. The highest BCUT2D eigenvalue weighted by atomic mass is 16.8. The molecule has 426 valence electrons. The highest BCUT2D eigenvalue weighted by Gasteiger charge is 2.55. The fraction of sp³-hybridized carbons (Fsp3) is 0.703. The summed E-state index contributed by atoms with van der Waals surface area (Å²) >= 11 is 0. The van der Waals surface area contributed by atoms with Crippen molar-refractivity contribution in [1.29, 1.82) is 0 Å². The van der Waals surface area contributed by atoms with Crippen molar-refractivity contribution in [3.63, 3.8) is 0 Å². The Labute approximate surface area is 460 Å². The standard InChI is InChI=1S/C64H92O13/c1-42-36-52(74-64(38-42)31-19-24-50(73-64)39-61(9)58(66)72-59(77-61)60(6,7)8)43(2)25-26-49(65)28-33-62(67-10)34-29-51-57(76-62)56(69-41-48-22-15-12-16-23-48)46(5)55(71-51)53(68-40-47-20-13-11-14-21-47)37-45(4)54-44(3)27-32-63(75-54)30-17-18-35-70-63/h11-16,20-23,25-26,38,43-45,49-57,59,65H,5,17-19,24,27-37,39-41H2,1-4,6-10H3/b26-25+/t43-,44-,45+,49+,50+,51-,52+,53+,54+,55+,56-,57-,59-,61-,62-,63+,64+/m1/s1. The number of carbonyl (C=O) groups excluding carboxylic acids is 1. The van der Waals surface area contributed by atoms with E-state index in [0.717, 1.165) is 81.1 Å². The lowest BCUT2D eigenvalue weighted by Crippen LogP contribution is -2.61. The number of methoxy groups -OCH3 is 1. The normalized spacial score (nSPS) is 37.5. The summed E-state index contributed by atoms with van der Waals surface area (Å²) in [6.07, 6.45) is 13.5. The number of esters is 1. The molecule has 0 saturated carbocycles. The zero-order chi connectivity index (χ0) is 54.6. The number of fused-ring (bicyclic) bond motifs is 1. The summed E-state index contributed by atoms with van der Waals surface area (Å²) < 4.78 is 73.6. The Kier molecular flexibility index (Phi) is 18.8. The Morgan fingerprint density at radius 1 is 0.870 bits per heavy atom. The van der Waals surface area contributed by atoms with Gasteiger partial charge in [-0.1, -0.05) is 127 Å². The van der Waals surface area contributed by atoms with Crippen molar-refractivity contribution in [2.75, 3.05) is 13.7 Å². The van der Waals surface area contributed by atoms with Crippen LogP contribution in [0.3, 0.4) is 0 Å². The van der Waals surface area contributed by atoms with Gasteiger partial charge in [0, 0.05) is 57.0 Å². The van der Waals surface area contributed by atoms with Crippen LogP contribution < -0.4 is 0 Å². The zero-order valence-corrected chi connectivity index (χ0v) is 47.8. The van der Waals surface area contributed by atoms with Crippen molar-refractivity contribution in [2.45, 2.75) is 249 Å². The van der Waals surface area contributed by atoms with Gasteiger partial charge in [-0.15, -0.1) is 0 Å². The molecule has 7 aliphatic rings. The third kappa shape index (κ3) is 14.1. The molecule has 0 bridgehead atoms. The molecule has 0 radical (unpaired) electrons. The Balaban J connectivity index is 0.855. The second kappa shape index (κ2) is 24.8. The minimum Gasteiger partial charge on any atom is -0.433 e. The SMILES string of the molecule is C=C1[C@@H](OCc2ccccc2)[C@@H]2O[C@@](CC[C@@H](O)/C=C/[C@@H](C)[C@@H]3CC(C)=C[C@]4(CCC[C@@H](C[C@@]5(C)O[C@H](C(C)(C)C)OC5=O)O4)O3)(OC)CC[C@H]2O[C@@H]1[C@H](C[C@H](C)[C@H]1O[C@@]2(CCCCO2)CC[C@H]1C)OCc1ccccc1. The molecule has 77 heavy (non-hydrogen) atoms. The molecule has 0 aromatic heterocycles. The number of ether oxygens (including phenoxy) is 11. The molecule has 7 aliphatic heterocycles. The Hall–Kier alpha value is -3.31. The lowest BCUT2D eigenvalue weighted by Gasteiger charge is -2.52. The zero-order valence-electron chi connectivity index (χ0n) is 47.8. The van der Waals surface area contributed by atoms with E-state index >= 15 is 0 Å². The van der Waals surface area contributed by atoms with Gasteiger partial charge < -0.3 is 57.2 Å². The van der Waals surface area contributed by atoms with E-state index in [9.17, 15) is 9.90 Å². The van der Waals surface area contributed by atoms with Crippen molar-refractivity contribution in [3.8, 4) is 0 Å². The van der Waals surface area contributed by atoms with Crippen LogP contribution in [0.5, 0.6) is 0 Å². The highest BCUT2D eigenvalue weighted by molar-refractivity contribution is 5.80. The summed E-state index contributed by atoms with van der Waals surface area (Å²) in [6, 6.07) is 20.5. The Morgan fingerprint density at radius 2 is 1.61 bits per heavy atom. The second-order valence-corrected chi connectivity index (χ2v) is 25.3. The first-order chi connectivity index (χ1) is 36.8. The number of carbonyl (C=O) groups is 1. The van der Waals surface area contributed by atoms with E-state index in [1.54, 1.807) is 7.11 Å². The van der Waals surface area contributed by atoms with Gasteiger partial charge in [-0.25, -0.2) is 4.79 Å². The summed E-state index contributed by atoms with van der Waals surface area (Å²) in [6.45, 7) is 23.0. The molecule has 13 nitrogen and oxygen atoms in total. The van der Waals surface area contributed by atoms with E-state index < -0.39 is 53.7 Å². The van der Waals surface area contributed by atoms with Crippen molar-refractivity contribution in [3.05, 3.63) is 108 Å². The van der Waals surface area contributed by atoms with Crippen LogP contribution in [0.25, 0.3) is 0 Å². The molecular formula is C64H92O13. The molecule has 0 aliphatic carbocycles. The minimum absolute atomic E-state index is 0.00579. The molecular weight excluding hydrogens is 977 g/mol. The molecule has 2 aromatic rings. The molecule has 17 atom stereocenters. The highest BCUT2D eigenvalue weighted by Crippen LogP contribution is 2.48. The largest absolute Gasteiger partial charge is 0.433 e. The maximum Gasteiger partial charge on any atom is 0.340 e. The van der Waals surface area contributed by atoms with Gasteiger partial charge in [0.15, 0.2) is 23.0 Å². The van der Waals surface area contributed by atoms with Crippen LogP contribution in [0.4, 0.5) is 0 Å². The maximum atomic E-state index is 13.1. The number of aliphatic hydroxyl groups is 1. The minimum atomic E-state index is -1.09. The molecule has 6 saturated heterocycles. The first-order valence-corrected chi connectivity index (χ1v) is 29.3. The van der Waals surface area contributed by atoms with Crippen LogP contribution in [-0.4, -0.2) is 109 Å². The van der Waals surface area contributed by atoms with E-state index in [1.807, 2.05) is 70.2 Å².